The molecule has 3 rings (SSSR count). The summed E-state index contributed by atoms with van der Waals surface area (Å²) in [6, 6.07) is 8.36. The predicted molar refractivity (Wildman–Crippen MR) is 103 cm³/mol. The van der Waals surface area contributed by atoms with Crippen molar-refractivity contribution in [1.82, 2.24) is 19.7 Å². The smallest absolute Gasteiger partial charge is 0.233 e. The van der Waals surface area contributed by atoms with Crippen molar-refractivity contribution >= 4 is 17.7 Å². The Morgan fingerprint density at radius 2 is 1.92 bits per heavy atom. The second-order valence-electron chi connectivity index (χ2n) is 6.78. The highest BCUT2D eigenvalue weighted by molar-refractivity contribution is 7.99. The molecule has 0 N–H and O–H groups in total. The third-order valence-corrected chi connectivity index (χ3v) is 5.99. The lowest BCUT2D eigenvalue weighted by atomic mass is 9.98. The van der Waals surface area contributed by atoms with Crippen LogP contribution >= 0.6 is 11.8 Å². The van der Waals surface area contributed by atoms with Crippen LogP contribution in [0.5, 0.6) is 5.75 Å². The molecule has 7 heteroatoms. The van der Waals surface area contributed by atoms with Crippen LogP contribution in [0.15, 0.2) is 29.4 Å². The highest BCUT2D eigenvalue weighted by atomic mass is 32.2. The summed E-state index contributed by atoms with van der Waals surface area (Å²) in [4.78, 5) is 14.7. The molecule has 1 amide bonds. The fraction of sp³-hybridized carbons (Fsp3) is 0.526. The molecule has 0 aliphatic carbocycles. The van der Waals surface area contributed by atoms with Gasteiger partial charge in [-0.05, 0) is 45.2 Å². The van der Waals surface area contributed by atoms with Gasteiger partial charge in [0.2, 0.25) is 5.91 Å². The van der Waals surface area contributed by atoms with Crippen molar-refractivity contribution in [3.05, 3.63) is 24.3 Å². The van der Waals surface area contributed by atoms with Gasteiger partial charge in [-0.1, -0.05) is 23.9 Å². The van der Waals surface area contributed by atoms with Crippen LogP contribution in [0.3, 0.4) is 0 Å². The number of hydrogen-bond acceptors (Lipinski definition) is 5. The molecule has 0 spiro atoms. The van der Waals surface area contributed by atoms with Gasteiger partial charge in [0.05, 0.1) is 18.4 Å². The Hall–Kier alpha value is -2.02. The van der Waals surface area contributed by atoms with Gasteiger partial charge in [-0.3, -0.25) is 4.79 Å². The monoisotopic (exact) mass is 374 g/mol. The molecular weight excluding hydrogens is 348 g/mol. The van der Waals surface area contributed by atoms with E-state index in [4.69, 9.17) is 4.74 Å². The number of thioether (sulfide) groups is 1. The SMILES string of the molecule is COc1ccccc1-c1nnc(SCC(=O)N2[C@@H](C)CCC[C@@H]2C)n1C. The van der Waals surface area contributed by atoms with Gasteiger partial charge in [-0.25, -0.2) is 0 Å². The Balaban J connectivity index is 1.72. The minimum Gasteiger partial charge on any atom is -0.496 e. The van der Waals surface area contributed by atoms with Crippen LogP contribution < -0.4 is 4.74 Å². The van der Waals surface area contributed by atoms with E-state index in [9.17, 15) is 4.79 Å². The van der Waals surface area contributed by atoms with Crippen LogP contribution in [0.1, 0.15) is 33.1 Å². The topological polar surface area (TPSA) is 60.3 Å². The van der Waals surface area contributed by atoms with E-state index >= 15 is 0 Å². The van der Waals surface area contributed by atoms with Gasteiger partial charge in [0.25, 0.3) is 0 Å². The van der Waals surface area contributed by atoms with E-state index in [1.807, 2.05) is 40.8 Å². The van der Waals surface area contributed by atoms with Crippen molar-refractivity contribution in [2.45, 2.75) is 50.4 Å². The van der Waals surface area contributed by atoms with E-state index in [1.165, 1.54) is 18.2 Å². The molecule has 0 radical (unpaired) electrons. The molecular formula is C19H26N4O2S. The summed E-state index contributed by atoms with van der Waals surface area (Å²) in [7, 11) is 3.56. The first-order chi connectivity index (χ1) is 12.5. The molecule has 1 aromatic heterocycles. The summed E-state index contributed by atoms with van der Waals surface area (Å²) < 4.78 is 7.33. The number of piperidine rings is 1. The van der Waals surface area contributed by atoms with Gasteiger partial charge < -0.3 is 14.2 Å². The van der Waals surface area contributed by atoms with Gasteiger partial charge in [0, 0.05) is 19.1 Å². The maximum Gasteiger partial charge on any atom is 0.233 e. The molecule has 1 aromatic carbocycles. The molecule has 0 saturated carbocycles. The summed E-state index contributed by atoms with van der Waals surface area (Å²) in [5.74, 6) is 2.05. The Kier molecular flexibility index (Phi) is 5.86. The van der Waals surface area contributed by atoms with Crippen molar-refractivity contribution in [2.24, 2.45) is 7.05 Å². The molecule has 2 atom stereocenters. The summed E-state index contributed by atoms with van der Waals surface area (Å²) in [6.07, 6.45) is 3.37. The second-order valence-corrected chi connectivity index (χ2v) is 7.73. The number of rotatable bonds is 5. The van der Waals surface area contributed by atoms with Gasteiger partial charge >= 0.3 is 0 Å². The van der Waals surface area contributed by atoms with Crippen molar-refractivity contribution < 1.29 is 9.53 Å². The quantitative estimate of drug-likeness (QED) is 0.751. The van der Waals surface area contributed by atoms with Crippen molar-refractivity contribution in [3.8, 4) is 17.1 Å². The van der Waals surface area contributed by atoms with E-state index in [2.05, 4.69) is 24.0 Å². The number of methoxy groups -OCH3 is 1. The lowest BCUT2D eigenvalue weighted by molar-refractivity contribution is -0.134. The maximum atomic E-state index is 12.7. The zero-order valence-electron chi connectivity index (χ0n) is 15.8. The van der Waals surface area contributed by atoms with Gasteiger partial charge in [0.15, 0.2) is 11.0 Å². The highest BCUT2D eigenvalue weighted by Gasteiger charge is 2.29. The van der Waals surface area contributed by atoms with E-state index in [0.29, 0.717) is 17.8 Å². The molecule has 1 fully saturated rings. The molecule has 2 aromatic rings. The van der Waals surface area contributed by atoms with E-state index < -0.39 is 0 Å². The van der Waals surface area contributed by atoms with Crippen LogP contribution in [0, 0.1) is 0 Å². The number of carbonyl (C=O) groups excluding carboxylic acids is 1. The number of amides is 1. The highest BCUT2D eigenvalue weighted by Crippen LogP contribution is 2.30. The molecule has 6 nitrogen and oxygen atoms in total. The number of aromatic nitrogens is 3. The molecule has 1 aliphatic heterocycles. The zero-order valence-corrected chi connectivity index (χ0v) is 16.6. The molecule has 26 heavy (non-hydrogen) atoms. The first-order valence-corrected chi connectivity index (χ1v) is 9.98. The third-order valence-electron chi connectivity index (χ3n) is 4.99. The minimum absolute atomic E-state index is 0.177. The Labute approximate surface area is 158 Å². The average molecular weight is 375 g/mol. The van der Waals surface area contributed by atoms with E-state index in [1.54, 1.807) is 7.11 Å². The Morgan fingerprint density at radius 1 is 1.23 bits per heavy atom. The summed E-state index contributed by atoms with van der Waals surface area (Å²) >= 11 is 1.44. The molecule has 0 bridgehead atoms. The molecule has 2 heterocycles. The van der Waals surface area contributed by atoms with Crippen molar-refractivity contribution in [2.75, 3.05) is 12.9 Å². The van der Waals surface area contributed by atoms with Crippen molar-refractivity contribution in [3.63, 3.8) is 0 Å². The zero-order chi connectivity index (χ0) is 18.7. The van der Waals surface area contributed by atoms with Crippen LogP contribution in [0.2, 0.25) is 0 Å². The lowest BCUT2D eigenvalue weighted by Gasteiger charge is -2.39. The van der Waals surface area contributed by atoms with Gasteiger partial charge in [0.1, 0.15) is 5.75 Å². The number of nitrogens with zero attached hydrogens (tertiary/aromatic N) is 4. The number of likely N-dealkylation sites (tertiary alicyclic amines) is 1. The van der Waals surface area contributed by atoms with Gasteiger partial charge in [-0.2, -0.15) is 0 Å². The molecule has 140 valence electrons. The van der Waals surface area contributed by atoms with Crippen LogP contribution in [0.25, 0.3) is 11.4 Å². The van der Waals surface area contributed by atoms with E-state index in [0.717, 1.165) is 35.1 Å². The van der Waals surface area contributed by atoms with Crippen molar-refractivity contribution in [1.29, 1.82) is 0 Å². The maximum absolute atomic E-state index is 12.7. The van der Waals surface area contributed by atoms with Crippen LogP contribution in [-0.2, 0) is 11.8 Å². The first kappa shape index (κ1) is 18.8. The molecule has 1 saturated heterocycles. The lowest BCUT2D eigenvalue weighted by Crippen LogP contribution is -2.48. The number of ether oxygens (including phenoxy) is 1. The number of benzene rings is 1. The fourth-order valence-corrected chi connectivity index (χ4v) is 4.40. The van der Waals surface area contributed by atoms with Crippen LogP contribution in [-0.4, -0.2) is 50.5 Å². The van der Waals surface area contributed by atoms with Crippen LogP contribution in [0.4, 0.5) is 0 Å². The Bertz CT molecular complexity index is 767. The molecule has 1 aliphatic rings. The summed E-state index contributed by atoms with van der Waals surface area (Å²) in [6.45, 7) is 4.28. The van der Waals surface area contributed by atoms with E-state index in [-0.39, 0.29) is 5.91 Å². The Morgan fingerprint density at radius 3 is 2.62 bits per heavy atom. The largest absolute Gasteiger partial charge is 0.496 e. The molecule has 0 unspecified atom stereocenters. The standard InChI is InChI=1S/C19H26N4O2S/c1-13-8-7-9-14(2)23(13)17(24)12-26-19-21-20-18(22(19)3)15-10-5-6-11-16(15)25-4/h5-6,10-11,13-14H,7-9,12H2,1-4H3/t13-,14-/m0/s1. The second kappa shape index (κ2) is 8.12. The summed E-state index contributed by atoms with van der Waals surface area (Å²) in [5, 5.41) is 9.31. The normalized spacial score (nSPS) is 20.2. The summed E-state index contributed by atoms with van der Waals surface area (Å²) in [5.41, 5.74) is 0.890. The number of para-hydroxylation sites is 1. The third kappa shape index (κ3) is 3.72. The minimum atomic E-state index is 0.177. The average Bonchev–Trinajstić information content (AvgIpc) is 3.00. The first-order valence-electron chi connectivity index (χ1n) is 8.99. The number of carbonyl (C=O) groups is 1. The van der Waals surface area contributed by atoms with Gasteiger partial charge in [-0.15, -0.1) is 10.2 Å². The predicted octanol–water partition coefficient (Wildman–Crippen LogP) is 3.37. The number of hydrogen-bond donors (Lipinski definition) is 0. The fourth-order valence-electron chi connectivity index (χ4n) is 3.62.